The maximum Gasteiger partial charge on any atom is 0.353 e. The Bertz CT molecular complexity index is 991. The van der Waals surface area contributed by atoms with E-state index >= 15 is 0 Å². The molecule has 4 N–H and O–H groups in total. The summed E-state index contributed by atoms with van der Waals surface area (Å²) in [6, 6.07) is 14.6. The number of benzene rings is 2. The Morgan fingerprint density at radius 2 is 1.86 bits per heavy atom. The van der Waals surface area contributed by atoms with Gasteiger partial charge in [-0.05, 0) is 55.8 Å². The van der Waals surface area contributed by atoms with E-state index in [1.807, 2.05) is 32.0 Å². The number of anilines is 5. The van der Waals surface area contributed by atoms with Gasteiger partial charge in [-0.3, -0.25) is 10.1 Å². The number of nitrogens with zero attached hydrogens (tertiary/aromatic N) is 3. The van der Waals surface area contributed by atoms with Gasteiger partial charge in [-0.2, -0.15) is 9.97 Å². The topological polar surface area (TPSA) is 128 Å². The largest absolute Gasteiger partial charge is 0.494 e. The molecule has 1 aromatic heterocycles. The minimum atomic E-state index is -0.603. The first kappa shape index (κ1) is 18.9. The Labute approximate surface area is 161 Å². The van der Waals surface area contributed by atoms with Crippen LogP contribution in [-0.2, 0) is 0 Å². The molecular formula is C19H20N6O3. The minimum absolute atomic E-state index is 0.0107. The number of ether oxygens (including phenoxy) is 1. The van der Waals surface area contributed by atoms with Crippen LogP contribution in [0.15, 0.2) is 48.5 Å². The quantitative estimate of drug-likeness (QED) is 0.412. The standard InChI is InChI=1S/C19H20N6O3/c1-3-28-15-9-7-13(8-10-15)22-19-23-17(20)16(25(26)27)18(24-19)21-14-6-4-5-12(2)11-14/h4-11H,3H2,1-2H3,(H4,20,21,22,23,24). The van der Waals surface area contributed by atoms with E-state index in [1.54, 1.807) is 30.3 Å². The molecule has 0 aliphatic heterocycles. The average Bonchev–Trinajstić information content (AvgIpc) is 2.63. The Hall–Kier alpha value is -3.88. The summed E-state index contributed by atoms with van der Waals surface area (Å²) in [4.78, 5) is 19.1. The Morgan fingerprint density at radius 1 is 1.11 bits per heavy atom. The van der Waals surface area contributed by atoms with Crippen LogP contribution >= 0.6 is 0 Å². The van der Waals surface area contributed by atoms with Gasteiger partial charge in [-0.1, -0.05) is 12.1 Å². The molecule has 3 rings (SSSR count). The highest BCUT2D eigenvalue weighted by atomic mass is 16.6. The number of rotatable bonds is 7. The lowest BCUT2D eigenvalue weighted by molar-refractivity contribution is -0.383. The Balaban J connectivity index is 1.92. The summed E-state index contributed by atoms with van der Waals surface area (Å²) in [5, 5.41) is 17.4. The summed E-state index contributed by atoms with van der Waals surface area (Å²) in [5.74, 6) is 0.654. The van der Waals surface area contributed by atoms with Crippen molar-refractivity contribution < 1.29 is 9.66 Å². The van der Waals surface area contributed by atoms with Gasteiger partial charge in [0.2, 0.25) is 17.6 Å². The predicted octanol–water partition coefficient (Wildman–Crippen LogP) is 4.16. The third-order valence-electron chi connectivity index (χ3n) is 3.80. The fraction of sp³-hybridized carbons (Fsp3) is 0.158. The van der Waals surface area contributed by atoms with Crippen molar-refractivity contribution in [2.45, 2.75) is 13.8 Å². The summed E-state index contributed by atoms with van der Waals surface area (Å²) in [5.41, 5.74) is 7.81. The number of aromatic nitrogens is 2. The van der Waals surface area contributed by atoms with Gasteiger partial charge in [0.1, 0.15) is 5.75 Å². The van der Waals surface area contributed by atoms with Crippen LogP contribution in [0.4, 0.5) is 34.6 Å². The van der Waals surface area contributed by atoms with E-state index in [0.29, 0.717) is 18.0 Å². The molecule has 0 aliphatic carbocycles. The second-order valence-corrected chi connectivity index (χ2v) is 5.96. The first-order valence-electron chi connectivity index (χ1n) is 8.61. The molecule has 0 radical (unpaired) electrons. The highest BCUT2D eigenvalue weighted by Crippen LogP contribution is 2.32. The zero-order chi connectivity index (χ0) is 20.1. The van der Waals surface area contributed by atoms with E-state index in [1.165, 1.54) is 0 Å². The van der Waals surface area contributed by atoms with Gasteiger partial charge >= 0.3 is 5.69 Å². The highest BCUT2D eigenvalue weighted by molar-refractivity contribution is 5.75. The lowest BCUT2D eigenvalue weighted by atomic mass is 10.2. The summed E-state index contributed by atoms with van der Waals surface area (Å²) < 4.78 is 5.40. The molecule has 0 aliphatic rings. The summed E-state index contributed by atoms with van der Waals surface area (Å²) in [7, 11) is 0. The maximum absolute atomic E-state index is 11.4. The van der Waals surface area contributed by atoms with Crippen LogP contribution in [0.1, 0.15) is 12.5 Å². The van der Waals surface area contributed by atoms with Crippen molar-refractivity contribution in [3.63, 3.8) is 0 Å². The predicted molar refractivity (Wildman–Crippen MR) is 108 cm³/mol. The van der Waals surface area contributed by atoms with E-state index in [4.69, 9.17) is 10.5 Å². The average molecular weight is 380 g/mol. The fourth-order valence-electron chi connectivity index (χ4n) is 2.59. The normalized spacial score (nSPS) is 10.4. The molecule has 1 heterocycles. The molecule has 144 valence electrons. The van der Waals surface area contributed by atoms with Crippen molar-refractivity contribution in [1.82, 2.24) is 9.97 Å². The van der Waals surface area contributed by atoms with Crippen molar-refractivity contribution >= 4 is 34.6 Å². The Kier molecular flexibility index (Phi) is 5.54. The van der Waals surface area contributed by atoms with Crippen LogP contribution in [0, 0.1) is 17.0 Å². The van der Waals surface area contributed by atoms with Crippen LogP contribution < -0.4 is 21.1 Å². The fourth-order valence-corrected chi connectivity index (χ4v) is 2.59. The zero-order valence-corrected chi connectivity index (χ0v) is 15.5. The van der Waals surface area contributed by atoms with Crippen LogP contribution in [0.5, 0.6) is 5.75 Å². The van der Waals surface area contributed by atoms with Crippen LogP contribution in [0.2, 0.25) is 0 Å². The number of nitrogen functional groups attached to an aromatic ring is 1. The molecule has 0 saturated heterocycles. The van der Waals surface area contributed by atoms with Gasteiger partial charge in [0.15, 0.2) is 0 Å². The van der Waals surface area contributed by atoms with E-state index in [0.717, 1.165) is 11.3 Å². The lowest BCUT2D eigenvalue weighted by Gasteiger charge is -2.11. The maximum atomic E-state index is 11.4. The third kappa shape index (κ3) is 4.44. The van der Waals surface area contributed by atoms with Gasteiger partial charge in [0.25, 0.3) is 0 Å². The highest BCUT2D eigenvalue weighted by Gasteiger charge is 2.23. The summed E-state index contributed by atoms with van der Waals surface area (Å²) in [6.45, 7) is 4.40. The molecule has 9 nitrogen and oxygen atoms in total. The van der Waals surface area contributed by atoms with E-state index in [2.05, 4.69) is 20.6 Å². The molecule has 2 aromatic carbocycles. The SMILES string of the molecule is CCOc1ccc(Nc2nc(N)c([N+](=O)[O-])c(Nc3cccc(C)c3)n2)cc1. The minimum Gasteiger partial charge on any atom is -0.494 e. The first-order valence-corrected chi connectivity index (χ1v) is 8.61. The molecule has 0 fully saturated rings. The van der Waals surface area contributed by atoms with Crippen molar-refractivity contribution in [2.24, 2.45) is 0 Å². The third-order valence-corrected chi connectivity index (χ3v) is 3.80. The molecule has 0 bridgehead atoms. The van der Waals surface area contributed by atoms with Crippen LogP contribution in [0.25, 0.3) is 0 Å². The second kappa shape index (κ2) is 8.21. The number of nitro groups is 1. The van der Waals surface area contributed by atoms with Crippen molar-refractivity contribution in [2.75, 3.05) is 23.0 Å². The van der Waals surface area contributed by atoms with Gasteiger partial charge in [0.05, 0.1) is 11.5 Å². The van der Waals surface area contributed by atoms with Crippen molar-refractivity contribution in [3.8, 4) is 5.75 Å². The number of hydrogen-bond acceptors (Lipinski definition) is 8. The number of hydrogen-bond donors (Lipinski definition) is 3. The van der Waals surface area contributed by atoms with E-state index in [-0.39, 0.29) is 23.3 Å². The molecule has 9 heteroatoms. The lowest BCUT2D eigenvalue weighted by Crippen LogP contribution is -2.08. The van der Waals surface area contributed by atoms with Crippen molar-refractivity contribution in [1.29, 1.82) is 0 Å². The van der Waals surface area contributed by atoms with Gasteiger partial charge < -0.3 is 21.1 Å². The second-order valence-electron chi connectivity index (χ2n) is 5.96. The van der Waals surface area contributed by atoms with Gasteiger partial charge in [-0.25, -0.2) is 0 Å². The van der Waals surface area contributed by atoms with Gasteiger partial charge in [0, 0.05) is 11.4 Å². The molecule has 0 spiro atoms. The monoisotopic (exact) mass is 380 g/mol. The number of nitrogens with two attached hydrogens (primary N) is 1. The molecule has 3 aromatic rings. The smallest absolute Gasteiger partial charge is 0.353 e. The summed E-state index contributed by atoms with van der Waals surface area (Å²) in [6.07, 6.45) is 0. The van der Waals surface area contributed by atoms with Gasteiger partial charge in [-0.15, -0.1) is 0 Å². The van der Waals surface area contributed by atoms with E-state index < -0.39 is 4.92 Å². The van der Waals surface area contributed by atoms with Crippen LogP contribution in [-0.4, -0.2) is 21.5 Å². The summed E-state index contributed by atoms with van der Waals surface area (Å²) >= 11 is 0. The van der Waals surface area contributed by atoms with Crippen LogP contribution in [0.3, 0.4) is 0 Å². The zero-order valence-electron chi connectivity index (χ0n) is 15.5. The van der Waals surface area contributed by atoms with Crippen molar-refractivity contribution in [3.05, 3.63) is 64.2 Å². The molecule has 0 amide bonds. The van der Waals surface area contributed by atoms with E-state index in [9.17, 15) is 10.1 Å². The number of nitrogens with one attached hydrogen (secondary N) is 2. The number of aryl methyl sites for hydroxylation is 1. The molecular weight excluding hydrogens is 360 g/mol. The molecule has 0 atom stereocenters. The molecule has 0 unspecified atom stereocenters. The molecule has 28 heavy (non-hydrogen) atoms. The Morgan fingerprint density at radius 3 is 2.50 bits per heavy atom. The first-order chi connectivity index (χ1) is 13.5. The molecule has 0 saturated carbocycles.